The van der Waals surface area contributed by atoms with Crippen LogP contribution in [0.15, 0.2) is 39.8 Å². The fraction of sp³-hybridized carbons (Fsp3) is 0.421. The van der Waals surface area contributed by atoms with Gasteiger partial charge in [0.25, 0.3) is 5.91 Å². The summed E-state index contributed by atoms with van der Waals surface area (Å²) in [4.78, 5) is 25.4. The summed E-state index contributed by atoms with van der Waals surface area (Å²) in [5.74, 6) is 0.270. The van der Waals surface area contributed by atoms with E-state index in [1.807, 2.05) is 13.8 Å². The zero-order chi connectivity index (χ0) is 21.2. The highest BCUT2D eigenvalue weighted by molar-refractivity contribution is 7.89. The molecule has 9 nitrogen and oxygen atoms in total. The zero-order valence-electron chi connectivity index (χ0n) is 16.6. The maximum Gasteiger partial charge on any atom is 0.276 e. The molecule has 1 aliphatic heterocycles. The molecule has 1 aliphatic rings. The van der Waals surface area contributed by atoms with Gasteiger partial charge in [-0.05, 0) is 24.3 Å². The number of hydrogen-bond donors (Lipinski definition) is 1. The third-order valence-electron chi connectivity index (χ3n) is 4.65. The van der Waals surface area contributed by atoms with Gasteiger partial charge < -0.3 is 14.7 Å². The molecule has 0 atom stereocenters. The van der Waals surface area contributed by atoms with E-state index in [-0.39, 0.29) is 54.5 Å². The Hall–Kier alpha value is -2.72. The van der Waals surface area contributed by atoms with Crippen LogP contribution in [0.2, 0.25) is 0 Å². The second kappa shape index (κ2) is 8.34. The maximum absolute atomic E-state index is 12.9. The molecular formula is C19H24N4O5S. The standard InChI is InChI=1S/C19H24N4O5S/c1-13(2)18-12-17(21-28-18)19(25)22-8-10-23(11-9-22)29(26,27)16-6-4-15(5-7-16)20-14(3)24/h4-7,12-13H,8-11H2,1-3H3,(H,20,24). The van der Waals surface area contributed by atoms with Gasteiger partial charge in [0.1, 0.15) is 5.76 Å². The largest absolute Gasteiger partial charge is 0.360 e. The first kappa shape index (κ1) is 21.0. The fourth-order valence-corrected chi connectivity index (χ4v) is 4.44. The summed E-state index contributed by atoms with van der Waals surface area (Å²) in [6.45, 7) is 6.20. The topological polar surface area (TPSA) is 113 Å². The normalized spacial score (nSPS) is 15.5. The predicted molar refractivity (Wildman–Crippen MR) is 106 cm³/mol. The van der Waals surface area contributed by atoms with Gasteiger partial charge in [0.05, 0.1) is 4.90 Å². The van der Waals surface area contributed by atoms with E-state index in [0.29, 0.717) is 11.4 Å². The van der Waals surface area contributed by atoms with Crippen LogP contribution in [0.1, 0.15) is 42.9 Å². The smallest absolute Gasteiger partial charge is 0.276 e. The van der Waals surface area contributed by atoms with Crippen molar-refractivity contribution in [3.05, 3.63) is 41.8 Å². The van der Waals surface area contributed by atoms with E-state index in [2.05, 4.69) is 10.5 Å². The van der Waals surface area contributed by atoms with Crippen molar-refractivity contribution in [2.45, 2.75) is 31.6 Å². The highest BCUT2D eigenvalue weighted by atomic mass is 32.2. The summed E-state index contributed by atoms with van der Waals surface area (Å²) in [7, 11) is -3.68. The number of sulfonamides is 1. The maximum atomic E-state index is 12.9. The molecule has 0 saturated carbocycles. The molecule has 1 fully saturated rings. The second-order valence-electron chi connectivity index (χ2n) is 7.17. The van der Waals surface area contributed by atoms with Gasteiger partial charge in [-0.25, -0.2) is 8.42 Å². The molecule has 10 heteroatoms. The van der Waals surface area contributed by atoms with E-state index in [1.54, 1.807) is 23.1 Å². The Morgan fingerprint density at radius 1 is 1.10 bits per heavy atom. The molecule has 2 amide bonds. The molecule has 0 aliphatic carbocycles. The van der Waals surface area contributed by atoms with E-state index in [1.165, 1.54) is 23.4 Å². The van der Waals surface area contributed by atoms with Crippen molar-refractivity contribution in [3.63, 3.8) is 0 Å². The molecule has 0 spiro atoms. The average Bonchev–Trinajstić information content (AvgIpc) is 3.18. The third kappa shape index (κ3) is 4.65. The van der Waals surface area contributed by atoms with Crippen molar-refractivity contribution in [1.82, 2.24) is 14.4 Å². The Bertz CT molecular complexity index is 990. The number of rotatable bonds is 5. The number of carbonyl (C=O) groups excluding carboxylic acids is 2. The Kier molecular flexibility index (Phi) is 6.04. The minimum Gasteiger partial charge on any atom is -0.360 e. The molecule has 3 rings (SSSR count). The van der Waals surface area contributed by atoms with Crippen LogP contribution in [-0.4, -0.2) is 60.8 Å². The molecular weight excluding hydrogens is 396 g/mol. The molecule has 1 saturated heterocycles. The fourth-order valence-electron chi connectivity index (χ4n) is 3.02. The van der Waals surface area contributed by atoms with Crippen molar-refractivity contribution >= 4 is 27.5 Å². The van der Waals surface area contributed by atoms with Gasteiger partial charge in [0.15, 0.2) is 5.69 Å². The molecule has 29 heavy (non-hydrogen) atoms. The van der Waals surface area contributed by atoms with Crippen molar-refractivity contribution in [2.75, 3.05) is 31.5 Å². The molecule has 1 aromatic carbocycles. The van der Waals surface area contributed by atoms with E-state index >= 15 is 0 Å². The lowest BCUT2D eigenvalue weighted by molar-refractivity contribution is -0.114. The van der Waals surface area contributed by atoms with Crippen molar-refractivity contribution in [2.24, 2.45) is 0 Å². The summed E-state index contributed by atoms with van der Waals surface area (Å²) in [6, 6.07) is 7.64. The van der Waals surface area contributed by atoms with Gasteiger partial charge in [-0.3, -0.25) is 9.59 Å². The zero-order valence-corrected chi connectivity index (χ0v) is 17.4. The summed E-state index contributed by atoms with van der Waals surface area (Å²) in [5, 5.41) is 6.43. The van der Waals surface area contributed by atoms with Crippen LogP contribution < -0.4 is 5.32 Å². The number of nitrogens with zero attached hydrogens (tertiary/aromatic N) is 3. The number of amides is 2. The van der Waals surface area contributed by atoms with Crippen LogP contribution in [0.4, 0.5) is 5.69 Å². The molecule has 2 heterocycles. The number of nitrogens with one attached hydrogen (secondary N) is 1. The van der Waals surface area contributed by atoms with Gasteiger partial charge in [0.2, 0.25) is 15.9 Å². The molecule has 156 valence electrons. The molecule has 2 aromatic rings. The number of hydrogen-bond acceptors (Lipinski definition) is 6. The quantitative estimate of drug-likeness (QED) is 0.791. The second-order valence-corrected chi connectivity index (χ2v) is 9.11. The number of anilines is 1. The Morgan fingerprint density at radius 2 is 1.72 bits per heavy atom. The van der Waals surface area contributed by atoms with Crippen LogP contribution in [-0.2, 0) is 14.8 Å². The Labute approximate surface area is 169 Å². The number of aromatic nitrogens is 1. The van der Waals surface area contributed by atoms with Gasteiger partial charge in [-0.2, -0.15) is 4.31 Å². The summed E-state index contributed by atoms with van der Waals surface area (Å²) >= 11 is 0. The first-order valence-corrected chi connectivity index (χ1v) is 10.8. The lowest BCUT2D eigenvalue weighted by Crippen LogP contribution is -2.50. The lowest BCUT2D eigenvalue weighted by atomic mass is 10.1. The molecule has 0 bridgehead atoms. The van der Waals surface area contributed by atoms with E-state index in [0.717, 1.165) is 0 Å². The van der Waals surface area contributed by atoms with Crippen molar-refractivity contribution in [3.8, 4) is 0 Å². The highest BCUT2D eigenvalue weighted by Gasteiger charge is 2.31. The van der Waals surface area contributed by atoms with Crippen molar-refractivity contribution in [1.29, 1.82) is 0 Å². The van der Waals surface area contributed by atoms with Gasteiger partial charge >= 0.3 is 0 Å². The summed E-state index contributed by atoms with van der Waals surface area (Å²) in [6.07, 6.45) is 0. The number of carbonyl (C=O) groups is 2. The van der Waals surface area contributed by atoms with Crippen molar-refractivity contribution < 1.29 is 22.5 Å². The minimum atomic E-state index is -3.68. The van der Waals surface area contributed by atoms with Gasteiger partial charge in [-0.15, -0.1) is 0 Å². The molecule has 1 N–H and O–H groups in total. The van der Waals surface area contributed by atoms with Crippen LogP contribution in [0.3, 0.4) is 0 Å². The van der Waals surface area contributed by atoms with E-state index in [4.69, 9.17) is 4.52 Å². The molecule has 0 unspecified atom stereocenters. The van der Waals surface area contributed by atoms with Gasteiger partial charge in [-0.1, -0.05) is 19.0 Å². The number of piperazine rings is 1. The Morgan fingerprint density at radius 3 is 2.24 bits per heavy atom. The van der Waals surface area contributed by atoms with E-state index < -0.39 is 10.0 Å². The summed E-state index contributed by atoms with van der Waals surface area (Å²) in [5.41, 5.74) is 0.763. The van der Waals surface area contributed by atoms with Crippen LogP contribution in [0.5, 0.6) is 0 Å². The molecule has 1 aromatic heterocycles. The number of benzene rings is 1. The Balaban J connectivity index is 1.64. The average molecular weight is 420 g/mol. The van der Waals surface area contributed by atoms with Gasteiger partial charge in [0, 0.05) is 50.8 Å². The van der Waals surface area contributed by atoms with Crippen LogP contribution in [0.25, 0.3) is 0 Å². The third-order valence-corrected chi connectivity index (χ3v) is 6.57. The first-order valence-electron chi connectivity index (χ1n) is 9.32. The summed E-state index contributed by atoms with van der Waals surface area (Å²) < 4.78 is 32.2. The SMILES string of the molecule is CC(=O)Nc1ccc(S(=O)(=O)N2CCN(C(=O)c3cc(C(C)C)on3)CC2)cc1. The predicted octanol–water partition coefficient (Wildman–Crippen LogP) is 1.90. The first-order chi connectivity index (χ1) is 13.7. The lowest BCUT2D eigenvalue weighted by Gasteiger charge is -2.33. The monoisotopic (exact) mass is 420 g/mol. The molecule has 0 radical (unpaired) electrons. The highest BCUT2D eigenvalue weighted by Crippen LogP contribution is 2.21. The van der Waals surface area contributed by atoms with Crippen LogP contribution >= 0.6 is 0 Å². The minimum absolute atomic E-state index is 0.128. The van der Waals surface area contributed by atoms with Crippen LogP contribution in [0, 0.1) is 0 Å². The van der Waals surface area contributed by atoms with E-state index in [9.17, 15) is 18.0 Å².